The lowest BCUT2D eigenvalue weighted by molar-refractivity contribution is -0.131. The molecule has 3 heterocycles. The summed E-state index contributed by atoms with van der Waals surface area (Å²) in [5, 5.41) is 5.31. The summed E-state index contributed by atoms with van der Waals surface area (Å²) in [6, 6.07) is 5.40. The van der Waals surface area contributed by atoms with Crippen molar-refractivity contribution in [1.82, 2.24) is 29.5 Å². The summed E-state index contributed by atoms with van der Waals surface area (Å²) in [6.45, 7) is 7.96. The van der Waals surface area contributed by atoms with Crippen molar-refractivity contribution in [2.24, 2.45) is 0 Å². The van der Waals surface area contributed by atoms with Crippen LogP contribution in [-0.2, 0) is 4.79 Å². The van der Waals surface area contributed by atoms with E-state index in [2.05, 4.69) is 40.6 Å². The smallest absolute Gasteiger partial charge is 0.246 e. The van der Waals surface area contributed by atoms with Crippen molar-refractivity contribution < 1.29 is 14.3 Å². The van der Waals surface area contributed by atoms with Gasteiger partial charge in [0.25, 0.3) is 0 Å². The maximum Gasteiger partial charge on any atom is 0.246 e. The van der Waals surface area contributed by atoms with Gasteiger partial charge in [0.05, 0.1) is 25.6 Å². The lowest BCUT2D eigenvalue weighted by Crippen LogP contribution is -2.50. The van der Waals surface area contributed by atoms with Crippen molar-refractivity contribution in [2.75, 3.05) is 52.7 Å². The number of anilines is 1. The predicted octanol–water partition coefficient (Wildman–Crippen LogP) is 2.11. The number of fused-ring (bicyclic) bond motifs is 1. The SMILES string of the molecule is CCN(CC)CC=CC(=O)N1CC(n2nc(C#Cc3cc(OC)cc(OC)c3)c3c(N)ncnc32)C1. The van der Waals surface area contributed by atoms with Gasteiger partial charge in [-0.15, -0.1) is 0 Å². The molecule has 0 bridgehead atoms. The highest BCUT2D eigenvalue weighted by atomic mass is 16.5. The number of aromatic nitrogens is 4. The molecule has 4 rings (SSSR count). The Labute approximate surface area is 210 Å². The van der Waals surface area contributed by atoms with E-state index in [4.69, 9.17) is 20.3 Å². The maximum atomic E-state index is 12.5. The Balaban J connectivity index is 1.54. The van der Waals surface area contributed by atoms with Crippen LogP contribution < -0.4 is 15.2 Å². The zero-order chi connectivity index (χ0) is 25.7. The van der Waals surface area contributed by atoms with E-state index >= 15 is 0 Å². The van der Waals surface area contributed by atoms with Crippen molar-refractivity contribution in [1.29, 1.82) is 0 Å². The summed E-state index contributed by atoms with van der Waals surface area (Å²) < 4.78 is 12.5. The zero-order valence-corrected chi connectivity index (χ0v) is 21.1. The van der Waals surface area contributed by atoms with E-state index in [-0.39, 0.29) is 11.9 Å². The standard InChI is InChI=1S/C26H31N7O3/c1-5-31(6-2)11-7-8-23(34)32-15-19(16-32)33-26-24(25(27)28-17-29-26)22(30-33)10-9-18-12-20(35-3)14-21(13-18)36-4/h7-8,12-14,17,19H,5-6,11,15-16H2,1-4H3,(H2,27,28,29). The Morgan fingerprint density at radius 1 is 1.14 bits per heavy atom. The van der Waals surface area contributed by atoms with Crippen LogP contribution in [0.3, 0.4) is 0 Å². The molecule has 0 aliphatic carbocycles. The van der Waals surface area contributed by atoms with Gasteiger partial charge in [0.2, 0.25) is 5.91 Å². The highest BCUT2D eigenvalue weighted by Crippen LogP contribution is 2.28. The van der Waals surface area contributed by atoms with E-state index in [0.717, 1.165) is 19.6 Å². The van der Waals surface area contributed by atoms with Gasteiger partial charge < -0.3 is 25.0 Å². The molecule has 0 saturated carbocycles. The molecular weight excluding hydrogens is 458 g/mol. The van der Waals surface area contributed by atoms with Crippen molar-refractivity contribution in [2.45, 2.75) is 19.9 Å². The van der Waals surface area contributed by atoms with E-state index in [9.17, 15) is 4.79 Å². The van der Waals surface area contributed by atoms with Crippen LogP contribution in [0.4, 0.5) is 5.82 Å². The number of likely N-dealkylation sites (N-methyl/N-ethyl adjacent to an activating group) is 1. The summed E-state index contributed by atoms with van der Waals surface area (Å²) in [5.41, 5.74) is 7.97. The van der Waals surface area contributed by atoms with E-state index in [1.165, 1.54) is 6.33 Å². The number of carbonyl (C=O) groups excluding carboxylic acids is 1. The minimum atomic E-state index is -0.0191. The molecule has 2 aromatic heterocycles. The number of amides is 1. The highest BCUT2D eigenvalue weighted by molar-refractivity contribution is 5.91. The van der Waals surface area contributed by atoms with Crippen LogP contribution in [0.25, 0.3) is 11.0 Å². The average molecular weight is 490 g/mol. The van der Waals surface area contributed by atoms with Crippen LogP contribution in [0, 0.1) is 11.8 Å². The predicted molar refractivity (Wildman–Crippen MR) is 138 cm³/mol. The van der Waals surface area contributed by atoms with E-state index in [0.29, 0.717) is 52.7 Å². The average Bonchev–Trinajstić information content (AvgIpc) is 3.23. The molecule has 3 aromatic rings. The molecule has 10 nitrogen and oxygen atoms in total. The fraction of sp³-hybridized carbons (Fsp3) is 0.385. The first-order valence-corrected chi connectivity index (χ1v) is 11.9. The summed E-state index contributed by atoms with van der Waals surface area (Å²) >= 11 is 0. The normalized spacial score (nSPS) is 13.6. The van der Waals surface area contributed by atoms with E-state index < -0.39 is 0 Å². The molecule has 1 saturated heterocycles. The Morgan fingerprint density at radius 2 is 1.83 bits per heavy atom. The number of nitrogens with two attached hydrogens (primary N) is 1. The molecule has 0 spiro atoms. The summed E-state index contributed by atoms with van der Waals surface area (Å²) in [4.78, 5) is 25.1. The van der Waals surface area contributed by atoms with E-state index in [1.54, 1.807) is 35.9 Å². The fourth-order valence-electron chi connectivity index (χ4n) is 4.03. The molecule has 10 heteroatoms. The maximum absolute atomic E-state index is 12.5. The summed E-state index contributed by atoms with van der Waals surface area (Å²) in [5.74, 6) is 7.81. The van der Waals surface area contributed by atoms with Crippen LogP contribution in [0.15, 0.2) is 36.7 Å². The van der Waals surface area contributed by atoms with Crippen molar-refractivity contribution in [3.63, 3.8) is 0 Å². The quantitative estimate of drug-likeness (QED) is 0.378. The van der Waals surface area contributed by atoms with Crippen LogP contribution >= 0.6 is 0 Å². The van der Waals surface area contributed by atoms with Gasteiger partial charge in [0.15, 0.2) is 5.65 Å². The first kappa shape index (κ1) is 25.0. The lowest BCUT2D eigenvalue weighted by Gasteiger charge is -2.38. The fourth-order valence-corrected chi connectivity index (χ4v) is 4.03. The van der Waals surface area contributed by atoms with Crippen molar-refractivity contribution in [3.8, 4) is 23.3 Å². The number of methoxy groups -OCH3 is 2. The van der Waals surface area contributed by atoms with Gasteiger partial charge in [-0.25, -0.2) is 14.6 Å². The third-order valence-electron chi connectivity index (χ3n) is 6.23. The molecule has 0 unspecified atom stereocenters. The largest absolute Gasteiger partial charge is 0.497 e. The lowest BCUT2D eigenvalue weighted by atomic mass is 10.1. The van der Waals surface area contributed by atoms with Crippen molar-refractivity contribution in [3.05, 3.63) is 47.9 Å². The Hall–Kier alpha value is -4.10. The molecule has 2 N–H and O–H groups in total. The number of hydrogen-bond acceptors (Lipinski definition) is 8. The van der Waals surface area contributed by atoms with Crippen LogP contribution in [-0.4, -0.2) is 82.4 Å². The molecule has 1 aliphatic rings. The monoisotopic (exact) mass is 489 g/mol. The number of ether oxygens (including phenoxy) is 2. The molecule has 36 heavy (non-hydrogen) atoms. The zero-order valence-electron chi connectivity index (χ0n) is 21.1. The van der Waals surface area contributed by atoms with Crippen LogP contribution in [0.1, 0.15) is 31.1 Å². The topological polar surface area (TPSA) is 112 Å². The first-order valence-electron chi connectivity index (χ1n) is 11.9. The Kier molecular flexibility index (Phi) is 7.71. The second kappa shape index (κ2) is 11.1. The highest BCUT2D eigenvalue weighted by Gasteiger charge is 2.33. The molecule has 1 aromatic carbocycles. The number of rotatable bonds is 8. The Bertz CT molecular complexity index is 1310. The number of carbonyl (C=O) groups is 1. The van der Waals surface area contributed by atoms with Gasteiger partial charge in [0, 0.05) is 37.3 Å². The molecule has 1 amide bonds. The third-order valence-corrected chi connectivity index (χ3v) is 6.23. The van der Waals surface area contributed by atoms with Gasteiger partial charge in [-0.2, -0.15) is 5.10 Å². The van der Waals surface area contributed by atoms with Crippen LogP contribution in [0.2, 0.25) is 0 Å². The molecule has 1 fully saturated rings. The minimum Gasteiger partial charge on any atom is -0.497 e. The Morgan fingerprint density at radius 3 is 2.47 bits per heavy atom. The van der Waals surface area contributed by atoms with E-state index in [1.807, 2.05) is 18.2 Å². The molecule has 0 radical (unpaired) electrons. The summed E-state index contributed by atoms with van der Waals surface area (Å²) in [7, 11) is 3.18. The number of likely N-dealkylation sites (tertiary alicyclic amines) is 1. The second-order valence-corrected chi connectivity index (χ2v) is 8.39. The van der Waals surface area contributed by atoms with Gasteiger partial charge in [0.1, 0.15) is 29.3 Å². The molecule has 1 aliphatic heterocycles. The second-order valence-electron chi connectivity index (χ2n) is 8.39. The number of benzene rings is 1. The third kappa shape index (κ3) is 5.26. The van der Waals surface area contributed by atoms with Gasteiger partial charge >= 0.3 is 0 Å². The van der Waals surface area contributed by atoms with Gasteiger partial charge in [-0.1, -0.05) is 25.8 Å². The van der Waals surface area contributed by atoms with Gasteiger partial charge in [-0.3, -0.25) is 4.79 Å². The molecular formula is C26H31N7O3. The number of nitrogens with zero attached hydrogens (tertiary/aromatic N) is 6. The first-order chi connectivity index (χ1) is 17.5. The number of hydrogen-bond donors (Lipinski definition) is 1. The number of nitrogen functional groups attached to an aromatic ring is 1. The van der Waals surface area contributed by atoms with Gasteiger partial charge in [-0.05, 0) is 31.1 Å². The molecule has 188 valence electrons. The molecule has 0 atom stereocenters. The minimum absolute atomic E-state index is 0.00371. The van der Waals surface area contributed by atoms with Crippen LogP contribution in [0.5, 0.6) is 11.5 Å². The summed E-state index contributed by atoms with van der Waals surface area (Å²) in [6.07, 6.45) is 4.98. The van der Waals surface area contributed by atoms with Crippen molar-refractivity contribution >= 4 is 22.8 Å².